The fourth-order valence-corrected chi connectivity index (χ4v) is 2.71. The predicted molar refractivity (Wildman–Crippen MR) is 74.3 cm³/mol. The minimum absolute atomic E-state index is 0.216. The maximum absolute atomic E-state index is 12.4. The number of carbonyl (C=O) groups excluding carboxylic acids is 1. The summed E-state index contributed by atoms with van der Waals surface area (Å²) in [7, 11) is 0. The van der Waals surface area contributed by atoms with Crippen molar-refractivity contribution in [2.75, 3.05) is 13.2 Å². The predicted octanol–water partition coefficient (Wildman–Crippen LogP) is 1.89. The van der Waals surface area contributed by atoms with Crippen molar-refractivity contribution >= 4 is 5.91 Å². The van der Waals surface area contributed by atoms with Crippen molar-refractivity contribution in [1.82, 2.24) is 4.90 Å². The number of benzene rings is 1. The Labute approximate surface area is 114 Å². The number of carbonyl (C=O) groups is 1. The van der Waals surface area contributed by atoms with E-state index in [0.717, 1.165) is 31.4 Å². The second kappa shape index (κ2) is 7.26. The molecular weight excluding hydrogens is 240 g/mol. The first-order valence-corrected chi connectivity index (χ1v) is 6.96. The SMILES string of the molecule is NOCCC1CCCCN1C(=O)Cc1ccccc1. The van der Waals surface area contributed by atoms with Gasteiger partial charge in [-0.15, -0.1) is 0 Å². The molecule has 1 unspecified atom stereocenters. The monoisotopic (exact) mass is 262 g/mol. The van der Waals surface area contributed by atoms with Gasteiger partial charge in [0.15, 0.2) is 0 Å². The fraction of sp³-hybridized carbons (Fsp3) is 0.533. The summed E-state index contributed by atoms with van der Waals surface area (Å²) in [4.78, 5) is 19.1. The molecule has 1 amide bonds. The van der Waals surface area contributed by atoms with Gasteiger partial charge in [0.25, 0.3) is 0 Å². The van der Waals surface area contributed by atoms with Gasteiger partial charge in [0.1, 0.15) is 0 Å². The van der Waals surface area contributed by atoms with Crippen LogP contribution in [0.1, 0.15) is 31.2 Å². The van der Waals surface area contributed by atoms with E-state index in [0.29, 0.717) is 13.0 Å². The van der Waals surface area contributed by atoms with Gasteiger partial charge in [-0.25, -0.2) is 5.90 Å². The van der Waals surface area contributed by atoms with E-state index in [9.17, 15) is 4.79 Å². The molecule has 0 aliphatic carbocycles. The van der Waals surface area contributed by atoms with Crippen LogP contribution in [0.3, 0.4) is 0 Å². The zero-order valence-corrected chi connectivity index (χ0v) is 11.3. The molecule has 1 atom stereocenters. The van der Waals surface area contributed by atoms with E-state index in [2.05, 4.69) is 4.84 Å². The molecule has 19 heavy (non-hydrogen) atoms. The Morgan fingerprint density at radius 1 is 1.32 bits per heavy atom. The zero-order chi connectivity index (χ0) is 13.5. The standard InChI is InChI=1S/C15H22N2O2/c16-19-11-9-14-8-4-5-10-17(14)15(18)12-13-6-2-1-3-7-13/h1-3,6-7,14H,4-5,8-12,16H2. The summed E-state index contributed by atoms with van der Waals surface area (Å²) in [6.45, 7) is 1.38. The summed E-state index contributed by atoms with van der Waals surface area (Å²) in [5, 5.41) is 0. The third-order valence-electron chi connectivity index (χ3n) is 3.71. The van der Waals surface area contributed by atoms with Gasteiger partial charge in [-0.3, -0.25) is 4.79 Å². The quantitative estimate of drug-likeness (QED) is 0.824. The van der Waals surface area contributed by atoms with E-state index in [4.69, 9.17) is 5.90 Å². The van der Waals surface area contributed by atoms with Crippen molar-refractivity contribution in [3.8, 4) is 0 Å². The average molecular weight is 262 g/mol. The van der Waals surface area contributed by atoms with Gasteiger partial charge in [0.05, 0.1) is 13.0 Å². The highest BCUT2D eigenvalue weighted by Gasteiger charge is 2.26. The lowest BCUT2D eigenvalue weighted by Crippen LogP contribution is -2.45. The van der Waals surface area contributed by atoms with E-state index >= 15 is 0 Å². The molecular formula is C15H22N2O2. The molecule has 4 heteroatoms. The number of piperidine rings is 1. The highest BCUT2D eigenvalue weighted by molar-refractivity contribution is 5.79. The lowest BCUT2D eigenvalue weighted by atomic mass is 9.98. The van der Waals surface area contributed by atoms with E-state index < -0.39 is 0 Å². The highest BCUT2D eigenvalue weighted by atomic mass is 16.6. The smallest absolute Gasteiger partial charge is 0.227 e. The number of rotatable bonds is 5. The molecule has 0 aromatic heterocycles. The maximum atomic E-state index is 12.4. The van der Waals surface area contributed by atoms with Crippen molar-refractivity contribution in [1.29, 1.82) is 0 Å². The minimum Gasteiger partial charge on any atom is -0.339 e. The van der Waals surface area contributed by atoms with Crippen LogP contribution in [0.15, 0.2) is 30.3 Å². The molecule has 0 bridgehead atoms. The first-order valence-electron chi connectivity index (χ1n) is 6.96. The first kappa shape index (κ1) is 14.0. The topological polar surface area (TPSA) is 55.6 Å². The summed E-state index contributed by atoms with van der Waals surface area (Å²) < 4.78 is 0. The lowest BCUT2D eigenvalue weighted by molar-refractivity contribution is -0.134. The highest BCUT2D eigenvalue weighted by Crippen LogP contribution is 2.20. The number of likely N-dealkylation sites (tertiary alicyclic amines) is 1. The Bertz CT molecular complexity index is 394. The fourth-order valence-electron chi connectivity index (χ4n) is 2.71. The summed E-state index contributed by atoms with van der Waals surface area (Å²) >= 11 is 0. The van der Waals surface area contributed by atoms with Crippen LogP contribution in [0.25, 0.3) is 0 Å². The van der Waals surface area contributed by atoms with E-state index in [-0.39, 0.29) is 11.9 Å². The van der Waals surface area contributed by atoms with E-state index in [1.54, 1.807) is 0 Å². The average Bonchev–Trinajstić information content (AvgIpc) is 2.46. The van der Waals surface area contributed by atoms with Gasteiger partial charge < -0.3 is 9.74 Å². The van der Waals surface area contributed by atoms with Crippen molar-refractivity contribution < 1.29 is 9.63 Å². The van der Waals surface area contributed by atoms with Crippen LogP contribution in [0, 0.1) is 0 Å². The van der Waals surface area contributed by atoms with Crippen LogP contribution in [0.2, 0.25) is 0 Å². The molecule has 2 rings (SSSR count). The van der Waals surface area contributed by atoms with E-state index in [1.165, 1.54) is 6.42 Å². The van der Waals surface area contributed by atoms with Crippen molar-refractivity contribution in [3.05, 3.63) is 35.9 Å². The molecule has 1 saturated heterocycles. The Kier molecular flexibility index (Phi) is 5.36. The maximum Gasteiger partial charge on any atom is 0.227 e. The Morgan fingerprint density at radius 2 is 2.11 bits per heavy atom. The Morgan fingerprint density at radius 3 is 2.84 bits per heavy atom. The van der Waals surface area contributed by atoms with Crippen molar-refractivity contribution in [2.24, 2.45) is 5.90 Å². The van der Waals surface area contributed by atoms with Gasteiger partial charge in [-0.05, 0) is 31.2 Å². The lowest BCUT2D eigenvalue weighted by Gasteiger charge is -2.35. The van der Waals surface area contributed by atoms with E-state index in [1.807, 2.05) is 35.2 Å². The first-order chi connectivity index (χ1) is 9.31. The summed E-state index contributed by atoms with van der Waals surface area (Å²) in [5.74, 6) is 5.30. The van der Waals surface area contributed by atoms with Gasteiger partial charge in [0, 0.05) is 12.6 Å². The van der Waals surface area contributed by atoms with Crippen molar-refractivity contribution in [2.45, 2.75) is 38.1 Å². The van der Waals surface area contributed by atoms with Gasteiger partial charge in [-0.1, -0.05) is 30.3 Å². The van der Waals surface area contributed by atoms with Gasteiger partial charge >= 0.3 is 0 Å². The van der Waals surface area contributed by atoms with Crippen LogP contribution in [-0.2, 0) is 16.1 Å². The molecule has 0 spiro atoms. The Hall–Kier alpha value is -1.39. The van der Waals surface area contributed by atoms with Crippen LogP contribution in [0.4, 0.5) is 0 Å². The molecule has 0 radical (unpaired) electrons. The summed E-state index contributed by atoms with van der Waals surface area (Å²) in [6.07, 6.45) is 4.66. The summed E-state index contributed by atoms with van der Waals surface area (Å²) in [6, 6.07) is 10.2. The van der Waals surface area contributed by atoms with Gasteiger partial charge in [-0.2, -0.15) is 0 Å². The number of hydrogen-bond acceptors (Lipinski definition) is 3. The van der Waals surface area contributed by atoms with Crippen LogP contribution < -0.4 is 5.90 Å². The molecule has 2 N–H and O–H groups in total. The second-order valence-corrected chi connectivity index (χ2v) is 5.06. The Balaban J connectivity index is 1.95. The minimum atomic E-state index is 0.216. The number of nitrogens with zero attached hydrogens (tertiary/aromatic N) is 1. The molecule has 1 aromatic carbocycles. The van der Waals surface area contributed by atoms with Gasteiger partial charge in [0.2, 0.25) is 5.91 Å². The third-order valence-corrected chi connectivity index (χ3v) is 3.71. The third kappa shape index (κ3) is 4.04. The second-order valence-electron chi connectivity index (χ2n) is 5.06. The molecule has 1 aliphatic heterocycles. The largest absolute Gasteiger partial charge is 0.339 e. The van der Waals surface area contributed by atoms with Crippen molar-refractivity contribution in [3.63, 3.8) is 0 Å². The molecule has 1 heterocycles. The summed E-state index contributed by atoms with van der Waals surface area (Å²) in [5.41, 5.74) is 1.08. The molecule has 104 valence electrons. The molecule has 4 nitrogen and oxygen atoms in total. The zero-order valence-electron chi connectivity index (χ0n) is 11.3. The van der Waals surface area contributed by atoms with Crippen LogP contribution >= 0.6 is 0 Å². The molecule has 1 aromatic rings. The molecule has 1 aliphatic rings. The molecule has 1 fully saturated rings. The molecule has 0 saturated carbocycles. The van der Waals surface area contributed by atoms with Crippen LogP contribution in [0.5, 0.6) is 0 Å². The number of nitrogens with two attached hydrogens (primary N) is 1. The van der Waals surface area contributed by atoms with Crippen LogP contribution in [-0.4, -0.2) is 30.0 Å². The normalized spacial score (nSPS) is 19.4. The number of amides is 1. The number of hydrogen-bond donors (Lipinski definition) is 1.